The smallest absolute Gasteiger partial charge is 0.378 e. The third-order valence-corrected chi connectivity index (χ3v) is 3.48. The number of nitrogens with one attached hydrogen (secondary N) is 1. The van der Waals surface area contributed by atoms with E-state index < -0.39 is 24.8 Å². The minimum absolute atomic E-state index is 0.176. The van der Waals surface area contributed by atoms with Crippen molar-refractivity contribution in [3.63, 3.8) is 0 Å². The van der Waals surface area contributed by atoms with Crippen molar-refractivity contribution in [2.24, 2.45) is 0 Å². The van der Waals surface area contributed by atoms with Gasteiger partial charge in [0.05, 0.1) is 13.2 Å². The molecule has 24 heavy (non-hydrogen) atoms. The second-order valence-electron chi connectivity index (χ2n) is 5.41. The summed E-state index contributed by atoms with van der Waals surface area (Å²) in [7, 11) is 0. The van der Waals surface area contributed by atoms with Gasteiger partial charge < -0.3 is 19.7 Å². The van der Waals surface area contributed by atoms with E-state index in [1.54, 1.807) is 6.20 Å². The molecule has 0 aromatic carbocycles. The molecule has 6 nitrogen and oxygen atoms in total. The molecule has 1 atom stereocenters. The van der Waals surface area contributed by atoms with Gasteiger partial charge in [-0.15, -0.1) is 0 Å². The SMILES string of the molecule is C[C@@H](OCC(F)(F)F)C(=O)NCc1ccc(N2CCOCC2)nc1. The highest BCUT2D eigenvalue weighted by Gasteiger charge is 2.29. The van der Waals surface area contributed by atoms with E-state index in [2.05, 4.69) is 19.9 Å². The Morgan fingerprint density at radius 3 is 2.71 bits per heavy atom. The van der Waals surface area contributed by atoms with Crippen molar-refractivity contribution in [2.45, 2.75) is 25.7 Å². The predicted molar refractivity (Wildman–Crippen MR) is 80.6 cm³/mol. The molecule has 0 radical (unpaired) electrons. The van der Waals surface area contributed by atoms with E-state index in [9.17, 15) is 18.0 Å². The molecular formula is C15H20F3N3O3. The Morgan fingerprint density at radius 1 is 1.42 bits per heavy atom. The molecule has 0 unspecified atom stereocenters. The van der Waals surface area contributed by atoms with Crippen LogP contribution in [0.15, 0.2) is 18.3 Å². The maximum atomic E-state index is 12.0. The van der Waals surface area contributed by atoms with Gasteiger partial charge in [-0.25, -0.2) is 4.98 Å². The zero-order valence-corrected chi connectivity index (χ0v) is 13.3. The number of carbonyl (C=O) groups excluding carboxylic acids is 1. The van der Waals surface area contributed by atoms with Crippen molar-refractivity contribution in [1.29, 1.82) is 0 Å². The van der Waals surface area contributed by atoms with Crippen molar-refractivity contribution in [2.75, 3.05) is 37.8 Å². The second-order valence-corrected chi connectivity index (χ2v) is 5.41. The first-order valence-electron chi connectivity index (χ1n) is 7.59. The predicted octanol–water partition coefficient (Wildman–Crippen LogP) is 1.50. The summed E-state index contributed by atoms with van der Waals surface area (Å²) < 4.78 is 45.9. The highest BCUT2D eigenvalue weighted by Crippen LogP contribution is 2.16. The summed E-state index contributed by atoms with van der Waals surface area (Å²) in [5.41, 5.74) is 0.753. The van der Waals surface area contributed by atoms with Crippen LogP contribution >= 0.6 is 0 Å². The largest absolute Gasteiger partial charge is 0.411 e. The Morgan fingerprint density at radius 2 is 2.12 bits per heavy atom. The standard InChI is InChI=1S/C15H20F3N3O3/c1-11(24-10-15(16,17)18)14(22)20-9-12-2-3-13(19-8-12)21-4-6-23-7-5-21/h2-3,8,11H,4-7,9-10H2,1H3,(H,20,22)/t11-/m1/s1. The van der Waals surface area contributed by atoms with Crippen LogP contribution in [0.3, 0.4) is 0 Å². The summed E-state index contributed by atoms with van der Waals surface area (Å²) in [6.45, 7) is 2.88. The van der Waals surface area contributed by atoms with Crippen LogP contribution in [0.25, 0.3) is 0 Å². The number of nitrogens with zero attached hydrogens (tertiary/aromatic N) is 2. The van der Waals surface area contributed by atoms with Crippen LogP contribution < -0.4 is 10.2 Å². The highest BCUT2D eigenvalue weighted by molar-refractivity contribution is 5.80. The maximum Gasteiger partial charge on any atom is 0.411 e. The van der Waals surface area contributed by atoms with Crippen LogP contribution in [-0.4, -0.2) is 56.1 Å². The van der Waals surface area contributed by atoms with E-state index in [1.807, 2.05) is 12.1 Å². The van der Waals surface area contributed by atoms with Gasteiger partial charge in [-0.05, 0) is 18.6 Å². The number of hydrogen-bond donors (Lipinski definition) is 1. The number of aromatic nitrogens is 1. The Bertz CT molecular complexity index is 531. The Labute approximate surface area is 137 Å². The lowest BCUT2D eigenvalue weighted by atomic mass is 10.2. The van der Waals surface area contributed by atoms with Crippen LogP contribution in [-0.2, 0) is 20.8 Å². The van der Waals surface area contributed by atoms with Crippen molar-refractivity contribution in [3.05, 3.63) is 23.9 Å². The number of carbonyl (C=O) groups is 1. The Kier molecular flexibility index (Phi) is 6.38. The normalized spacial score (nSPS) is 16.8. The van der Waals surface area contributed by atoms with E-state index in [1.165, 1.54) is 6.92 Å². The minimum atomic E-state index is -4.45. The molecule has 0 spiro atoms. The van der Waals surface area contributed by atoms with E-state index in [-0.39, 0.29) is 6.54 Å². The molecule has 0 saturated carbocycles. The summed E-state index contributed by atoms with van der Waals surface area (Å²) >= 11 is 0. The molecule has 1 aromatic rings. The molecule has 9 heteroatoms. The lowest BCUT2D eigenvalue weighted by molar-refractivity contribution is -0.185. The summed E-state index contributed by atoms with van der Waals surface area (Å²) in [6.07, 6.45) is -3.99. The molecule has 1 amide bonds. The number of amides is 1. The van der Waals surface area contributed by atoms with Gasteiger partial charge in [0, 0.05) is 25.8 Å². The minimum Gasteiger partial charge on any atom is -0.378 e. The van der Waals surface area contributed by atoms with Crippen LogP contribution in [0.1, 0.15) is 12.5 Å². The third kappa shape index (κ3) is 5.97. The summed E-state index contributed by atoms with van der Waals surface area (Å²) in [5.74, 6) is 0.228. The van der Waals surface area contributed by atoms with Gasteiger partial charge in [0.2, 0.25) is 5.91 Å². The zero-order chi connectivity index (χ0) is 17.6. The second kappa shape index (κ2) is 8.29. The molecule has 2 rings (SSSR count). The third-order valence-electron chi connectivity index (χ3n) is 3.48. The molecule has 1 fully saturated rings. The van der Waals surface area contributed by atoms with Gasteiger partial charge in [-0.1, -0.05) is 6.07 Å². The molecule has 1 saturated heterocycles. The van der Waals surface area contributed by atoms with Crippen LogP contribution in [0, 0.1) is 0 Å². The van der Waals surface area contributed by atoms with Crippen molar-refractivity contribution >= 4 is 11.7 Å². The number of morpholine rings is 1. The molecule has 134 valence electrons. The van der Waals surface area contributed by atoms with Crippen LogP contribution in [0.5, 0.6) is 0 Å². The van der Waals surface area contributed by atoms with Gasteiger partial charge in [-0.2, -0.15) is 13.2 Å². The first-order valence-corrected chi connectivity index (χ1v) is 7.59. The van der Waals surface area contributed by atoms with E-state index >= 15 is 0 Å². The van der Waals surface area contributed by atoms with E-state index in [4.69, 9.17) is 4.74 Å². The number of anilines is 1. The summed E-state index contributed by atoms with van der Waals surface area (Å²) in [6, 6.07) is 3.66. The number of rotatable bonds is 6. The number of alkyl halides is 3. The van der Waals surface area contributed by atoms with Gasteiger partial charge in [-0.3, -0.25) is 4.79 Å². The van der Waals surface area contributed by atoms with Gasteiger partial charge in [0.25, 0.3) is 0 Å². The van der Waals surface area contributed by atoms with Crippen LogP contribution in [0.2, 0.25) is 0 Å². The fourth-order valence-electron chi connectivity index (χ4n) is 2.13. The number of ether oxygens (including phenoxy) is 2. The Balaban J connectivity index is 1.78. The van der Waals surface area contributed by atoms with E-state index in [0.717, 1.165) is 24.5 Å². The average Bonchev–Trinajstić information content (AvgIpc) is 2.58. The van der Waals surface area contributed by atoms with Gasteiger partial charge in [0.1, 0.15) is 18.5 Å². The molecule has 1 aliphatic rings. The van der Waals surface area contributed by atoms with Gasteiger partial charge >= 0.3 is 6.18 Å². The number of halogens is 3. The monoisotopic (exact) mass is 347 g/mol. The number of pyridine rings is 1. The van der Waals surface area contributed by atoms with Crippen molar-refractivity contribution in [3.8, 4) is 0 Å². The summed E-state index contributed by atoms with van der Waals surface area (Å²) in [5, 5.41) is 2.53. The lowest BCUT2D eigenvalue weighted by Crippen LogP contribution is -2.37. The average molecular weight is 347 g/mol. The Hall–Kier alpha value is -1.87. The van der Waals surface area contributed by atoms with Crippen molar-refractivity contribution in [1.82, 2.24) is 10.3 Å². The topological polar surface area (TPSA) is 63.7 Å². The fourth-order valence-corrected chi connectivity index (χ4v) is 2.13. The molecule has 1 N–H and O–H groups in total. The van der Waals surface area contributed by atoms with E-state index in [0.29, 0.717) is 13.2 Å². The van der Waals surface area contributed by atoms with Crippen molar-refractivity contribution < 1.29 is 27.4 Å². The number of hydrogen-bond acceptors (Lipinski definition) is 5. The molecular weight excluding hydrogens is 327 g/mol. The summed E-state index contributed by atoms with van der Waals surface area (Å²) in [4.78, 5) is 18.1. The van der Waals surface area contributed by atoms with Gasteiger partial charge in [0.15, 0.2) is 0 Å². The molecule has 1 aromatic heterocycles. The molecule has 0 aliphatic carbocycles. The molecule has 0 bridgehead atoms. The first-order chi connectivity index (χ1) is 11.3. The maximum absolute atomic E-state index is 12.0. The molecule has 1 aliphatic heterocycles. The zero-order valence-electron chi connectivity index (χ0n) is 13.3. The first kappa shape index (κ1) is 18.5. The molecule has 2 heterocycles. The lowest BCUT2D eigenvalue weighted by Gasteiger charge is -2.27. The quantitative estimate of drug-likeness (QED) is 0.845. The highest BCUT2D eigenvalue weighted by atomic mass is 19.4. The van der Waals surface area contributed by atoms with Crippen LogP contribution in [0.4, 0.5) is 19.0 Å². The fraction of sp³-hybridized carbons (Fsp3) is 0.600.